The lowest BCUT2D eigenvalue weighted by molar-refractivity contribution is 0.134. The van der Waals surface area contributed by atoms with Crippen LogP contribution in [0, 0.1) is 0 Å². The van der Waals surface area contributed by atoms with E-state index in [4.69, 9.17) is 4.74 Å². The van der Waals surface area contributed by atoms with Crippen LogP contribution in [0.2, 0.25) is 0 Å². The van der Waals surface area contributed by atoms with Crippen LogP contribution in [0.25, 0.3) is 0 Å². The van der Waals surface area contributed by atoms with Crippen LogP contribution in [-0.2, 0) is 17.9 Å². The number of urea groups is 1. The van der Waals surface area contributed by atoms with Gasteiger partial charge in [-0.05, 0) is 38.7 Å². The maximum absolute atomic E-state index is 12.9. The molecule has 140 valence electrons. The summed E-state index contributed by atoms with van der Waals surface area (Å²) in [7, 11) is 4.00. The number of carbonyl (C=O) groups excluding carboxylic acids is 1. The number of benzene rings is 1. The molecular formula is C20H28N4O2. The third-order valence-electron chi connectivity index (χ3n) is 3.92. The zero-order valence-corrected chi connectivity index (χ0v) is 15.8. The number of nitrogens with zero attached hydrogens (tertiary/aromatic N) is 3. The molecule has 0 saturated carbocycles. The predicted octanol–water partition coefficient (Wildman–Crippen LogP) is 3.21. The first kappa shape index (κ1) is 19.9. The van der Waals surface area contributed by atoms with Crippen molar-refractivity contribution in [1.29, 1.82) is 0 Å². The van der Waals surface area contributed by atoms with Crippen molar-refractivity contribution in [3.05, 3.63) is 59.9 Å². The Morgan fingerprint density at radius 2 is 1.96 bits per heavy atom. The van der Waals surface area contributed by atoms with Gasteiger partial charge in [-0.2, -0.15) is 0 Å². The number of carbonyl (C=O) groups is 1. The van der Waals surface area contributed by atoms with Gasteiger partial charge in [-0.1, -0.05) is 24.3 Å². The SMILES string of the molecule is CCOCc1ccccc1NC(=O)N(CCN(C)C)Cc1cccnc1. The Kier molecular flexibility index (Phi) is 8.05. The van der Waals surface area contributed by atoms with Gasteiger partial charge in [0, 0.05) is 49.9 Å². The van der Waals surface area contributed by atoms with Gasteiger partial charge in [0.15, 0.2) is 0 Å². The number of ether oxygens (including phenoxy) is 1. The van der Waals surface area contributed by atoms with Crippen LogP contribution in [-0.4, -0.2) is 54.6 Å². The van der Waals surface area contributed by atoms with Gasteiger partial charge in [0.1, 0.15) is 0 Å². The standard InChI is InChI=1S/C20H28N4O2/c1-4-26-16-18-9-5-6-10-19(18)22-20(25)24(13-12-23(2)3)15-17-8-7-11-21-14-17/h5-11,14H,4,12-13,15-16H2,1-3H3,(H,22,25). The van der Waals surface area contributed by atoms with Crippen LogP contribution >= 0.6 is 0 Å². The summed E-state index contributed by atoms with van der Waals surface area (Å²) in [6, 6.07) is 11.5. The van der Waals surface area contributed by atoms with E-state index >= 15 is 0 Å². The number of hydrogen-bond acceptors (Lipinski definition) is 4. The summed E-state index contributed by atoms with van der Waals surface area (Å²) in [4.78, 5) is 20.9. The van der Waals surface area contributed by atoms with Crippen molar-refractivity contribution in [1.82, 2.24) is 14.8 Å². The Bertz CT molecular complexity index is 677. The fourth-order valence-electron chi connectivity index (χ4n) is 2.46. The maximum Gasteiger partial charge on any atom is 0.322 e. The lowest BCUT2D eigenvalue weighted by Crippen LogP contribution is -2.39. The number of amides is 2. The number of anilines is 1. The van der Waals surface area contributed by atoms with Crippen molar-refractivity contribution < 1.29 is 9.53 Å². The van der Waals surface area contributed by atoms with E-state index in [1.54, 1.807) is 17.3 Å². The summed E-state index contributed by atoms with van der Waals surface area (Å²) < 4.78 is 5.50. The molecule has 0 unspecified atom stereocenters. The first-order valence-electron chi connectivity index (χ1n) is 8.85. The zero-order valence-electron chi connectivity index (χ0n) is 15.8. The van der Waals surface area contributed by atoms with Crippen molar-refractivity contribution in [2.24, 2.45) is 0 Å². The molecular weight excluding hydrogens is 328 g/mol. The molecule has 0 saturated heterocycles. The van der Waals surface area contributed by atoms with Crippen LogP contribution in [0.1, 0.15) is 18.1 Å². The minimum absolute atomic E-state index is 0.125. The molecule has 6 nitrogen and oxygen atoms in total. The van der Waals surface area contributed by atoms with Crippen molar-refractivity contribution in [3.8, 4) is 0 Å². The molecule has 0 aliphatic heterocycles. The van der Waals surface area contributed by atoms with Crippen LogP contribution in [0.3, 0.4) is 0 Å². The third-order valence-corrected chi connectivity index (χ3v) is 3.92. The first-order chi connectivity index (χ1) is 12.6. The van der Waals surface area contributed by atoms with Crippen LogP contribution in [0.5, 0.6) is 0 Å². The number of rotatable bonds is 9. The lowest BCUT2D eigenvalue weighted by atomic mass is 10.2. The van der Waals surface area contributed by atoms with E-state index in [-0.39, 0.29) is 6.03 Å². The lowest BCUT2D eigenvalue weighted by Gasteiger charge is -2.25. The fourth-order valence-corrected chi connectivity index (χ4v) is 2.46. The Morgan fingerprint density at radius 3 is 2.65 bits per heavy atom. The van der Waals surface area contributed by atoms with Crippen molar-refractivity contribution in [2.45, 2.75) is 20.1 Å². The van der Waals surface area contributed by atoms with Crippen molar-refractivity contribution in [3.63, 3.8) is 0 Å². The smallest absolute Gasteiger partial charge is 0.322 e. The van der Waals surface area contributed by atoms with Gasteiger partial charge >= 0.3 is 6.03 Å². The molecule has 26 heavy (non-hydrogen) atoms. The van der Waals surface area contributed by atoms with E-state index in [0.717, 1.165) is 23.4 Å². The first-order valence-corrected chi connectivity index (χ1v) is 8.85. The summed E-state index contributed by atoms with van der Waals surface area (Å²) in [6.45, 7) is 5.00. The topological polar surface area (TPSA) is 57.7 Å². The van der Waals surface area contributed by atoms with Crippen molar-refractivity contribution >= 4 is 11.7 Å². The molecule has 2 rings (SSSR count). The number of nitrogens with one attached hydrogen (secondary N) is 1. The highest BCUT2D eigenvalue weighted by Gasteiger charge is 2.16. The van der Waals surface area contributed by atoms with Crippen LogP contribution in [0.15, 0.2) is 48.8 Å². The van der Waals surface area contributed by atoms with E-state index in [9.17, 15) is 4.79 Å². The average Bonchev–Trinajstić information content (AvgIpc) is 2.65. The van der Waals surface area contributed by atoms with Gasteiger partial charge in [-0.25, -0.2) is 4.79 Å². The van der Waals surface area contributed by atoms with E-state index in [2.05, 4.69) is 15.2 Å². The summed E-state index contributed by atoms with van der Waals surface area (Å²) in [6.07, 6.45) is 3.52. The third kappa shape index (κ3) is 6.46. The quantitative estimate of drug-likeness (QED) is 0.749. The van der Waals surface area contributed by atoms with Crippen LogP contribution < -0.4 is 5.32 Å². The number of para-hydroxylation sites is 1. The zero-order chi connectivity index (χ0) is 18.8. The molecule has 0 fully saturated rings. The Labute approximate surface area is 155 Å². The highest BCUT2D eigenvalue weighted by Crippen LogP contribution is 2.17. The Balaban J connectivity index is 2.10. The van der Waals surface area contributed by atoms with Gasteiger partial charge in [0.05, 0.1) is 6.61 Å². The molecule has 0 spiro atoms. The van der Waals surface area contributed by atoms with Crippen molar-refractivity contribution in [2.75, 3.05) is 39.1 Å². The molecule has 2 aromatic rings. The highest BCUT2D eigenvalue weighted by molar-refractivity contribution is 5.90. The number of hydrogen-bond donors (Lipinski definition) is 1. The summed E-state index contributed by atoms with van der Waals surface area (Å²) >= 11 is 0. The molecule has 0 aliphatic rings. The molecule has 1 aromatic heterocycles. The van der Waals surface area contributed by atoms with E-state index < -0.39 is 0 Å². The minimum Gasteiger partial charge on any atom is -0.377 e. The molecule has 2 amide bonds. The highest BCUT2D eigenvalue weighted by atomic mass is 16.5. The van der Waals surface area contributed by atoms with E-state index in [0.29, 0.717) is 26.3 Å². The molecule has 1 aromatic carbocycles. The summed E-state index contributed by atoms with van der Waals surface area (Å²) in [5.41, 5.74) is 2.76. The molecule has 1 heterocycles. The summed E-state index contributed by atoms with van der Waals surface area (Å²) in [5, 5.41) is 3.03. The number of pyridine rings is 1. The molecule has 0 aliphatic carbocycles. The normalized spacial score (nSPS) is 10.8. The van der Waals surface area contributed by atoms with Crippen LogP contribution in [0.4, 0.5) is 10.5 Å². The molecule has 0 radical (unpaired) electrons. The Hall–Kier alpha value is -2.44. The molecule has 0 atom stereocenters. The van der Waals surface area contributed by atoms with Gasteiger partial charge in [0.25, 0.3) is 0 Å². The Morgan fingerprint density at radius 1 is 1.15 bits per heavy atom. The van der Waals surface area contributed by atoms with E-state index in [1.165, 1.54) is 0 Å². The summed E-state index contributed by atoms with van der Waals surface area (Å²) in [5.74, 6) is 0. The fraction of sp³-hybridized carbons (Fsp3) is 0.400. The predicted molar refractivity (Wildman–Crippen MR) is 104 cm³/mol. The van der Waals surface area contributed by atoms with E-state index in [1.807, 2.05) is 57.4 Å². The number of likely N-dealkylation sites (N-methyl/N-ethyl adjacent to an activating group) is 1. The molecule has 0 bridgehead atoms. The second kappa shape index (κ2) is 10.5. The maximum atomic E-state index is 12.9. The second-order valence-corrected chi connectivity index (χ2v) is 6.31. The molecule has 6 heteroatoms. The monoisotopic (exact) mass is 356 g/mol. The average molecular weight is 356 g/mol. The second-order valence-electron chi connectivity index (χ2n) is 6.31. The largest absolute Gasteiger partial charge is 0.377 e. The minimum atomic E-state index is -0.125. The van der Waals surface area contributed by atoms with Gasteiger partial charge in [0.2, 0.25) is 0 Å². The number of aromatic nitrogens is 1. The van der Waals surface area contributed by atoms with Gasteiger partial charge in [-0.15, -0.1) is 0 Å². The van der Waals surface area contributed by atoms with Gasteiger partial charge in [-0.3, -0.25) is 4.98 Å². The molecule has 1 N–H and O–H groups in total. The van der Waals surface area contributed by atoms with Gasteiger partial charge < -0.3 is 19.9 Å².